The van der Waals surface area contributed by atoms with E-state index in [4.69, 9.17) is 9.47 Å². The average molecular weight is 422 g/mol. The first-order valence-corrected chi connectivity index (χ1v) is 10.1. The van der Waals surface area contributed by atoms with E-state index in [-0.39, 0.29) is 5.78 Å². The summed E-state index contributed by atoms with van der Waals surface area (Å²) >= 11 is 0. The minimum Gasteiger partial charge on any atom is -0.497 e. The molecule has 3 aromatic carbocycles. The highest BCUT2D eigenvalue weighted by molar-refractivity contribution is 6.04. The molecule has 0 radical (unpaired) electrons. The van der Waals surface area contributed by atoms with Gasteiger partial charge in [-0.1, -0.05) is 42.5 Å². The van der Waals surface area contributed by atoms with Crippen molar-refractivity contribution >= 4 is 29.0 Å². The Labute approximate surface area is 186 Å². The van der Waals surface area contributed by atoms with Crippen molar-refractivity contribution in [3.63, 3.8) is 0 Å². The van der Waals surface area contributed by atoms with Crippen LogP contribution in [0.25, 0.3) is 34.4 Å². The molecule has 0 spiro atoms. The first-order chi connectivity index (χ1) is 15.7. The van der Waals surface area contributed by atoms with Gasteiger partial charge in [0.1, 0.15) is 11.5 Å². The maximum atomic E-state index is 12.3. The molecular weight excluding hydrogens is 400 g/mol. The summed E-state index contributed by atoms with van der Waals surface area (Å²) in [5, 5.41) is 0. The molecule has 0 fully saturated rings. The van der Waals surface area contributed by atoms with Crippen LogP contribution in [0.5, 0.6) is 11.5 Å². The third-order valence-corrected chi connectivity index (χ3v) is 4.96. The predicted molar refractivity (Wildman–Crippen MR) is 128 cm³/mol. The van der Waals surface area contributed by atoms with Crippen molar-refractivity contribution in [3.8, 4) is 22.8 Å². The van der Waals surface area contributed by atoms with E-state index in [1.165, 1.54) is 12.2 Å². The highest BCUT2D eigenvalue weighted by atomic mass is 16.5. The highest BCUT2D eigenvalue weighted by Crippen LogP contribution is 2.25. The second kappa shape index (κ2) is 9.71. The van der Waals surface area contributed by atoms with Gasteiger partial charge in [-0.05, 0) is 48.1 Å². The molecule has 0 aliphatic carbocycles. The monoisotopic (exact) mass is 422 g/mol. The van der Waals surface area contributed by atoms with E-state index in [1.54, 1.807) is 38.6 Å². The summed E-state index contributed by atoms with van der Waals surface area (Å²) in [7, 11) is 3.18. The Morgan fingerprint density at radius 1 is 0.844 bits per heavy atom. The van der Waals surface area contributed by atoms with Gasteiger partial charge in [-0.3, -0.25) is 9.78 Å². The van der Waals surface area contributed by atoms with Crippen molar-refractivity contribution in [1.82, 2.24) is 9.97 Å². The normalized spacial score (nSPS) is 11.3. The van der Waals surface area contributed by atoms with Crippen LogP contribution in [0.4, 0.5) is 0 Å². The van der Waals surface area contributed by atoms with Crippen molar-refractivity contribution in [3.05, 3.63) is 96.2 Å². The third-order valence-electron chi connectivity index (χ3n) is 4.96. The van der Waals surface area contributed by atoms with Crippen molar-refractivity contribution in [2.45, 2.75) is 0 Å². The van der Waals surface area contributed by atoms with Gasteiger partial charge in [0.15, 0.2) is 5.78 Å². The molecule has 0 saturated carbocycles. The number of rotatable bonds is 7. The van der Waals surface area contributed by atoms with Gasteiger partial charge >= 0.3 is 0 Å². The van der Waals surface area contributed by atoms with Crippen LogP contribution in [0, 0.1) is 0 Å². The number of fused-ring (bicyclic) bond motifs is 1. The van der Waals surface area contributed by atoms with Gasteiger partial charge in [-0.15, -0.1) is 0 Å². The molecule has 4 aromatic rings. The smallest absolute Gasteiger partial charge is 0.178 e. The van der Waals surface area contributed by atoms with Gasteiger partial charge in [-0.25, -0.2) is 4.98 Å². The van der Waals surface area contributed by atoms with Crippen LogP contribution in [-0.2, 0) is 4.79 Å². The van der Waals surface area contributed by atoms with Crippen LogP contribution < -0.4 is 9.47 Å². The predicted octanol–water partition coefficient (Wildman–Crippen LogP) is 5.61. The van der Waals surface area contributed by atoms with E-state index in [2.05, 4.69) is 9.97 Å². The second-order valence-electron chi connectivity index (χ2n) is 7.04. The molecule has 0 unspecified atom stereocenters. The van der Waals surface area contributed by atoms with Gasteiger partial charge in [0.2, 0.25) is 0 Å². The number of carbonyl (C=O) groups is 1. The maximum absolute atomic E-state index is 12.3. The lowest BCUT2D eigenvalue weighted by atomic mass is 10.1. The zero-order valence-electron chi connectivity index (χ0n) is 17.9. The molecule has 0 saturated heterocycles. The summed E-state index contributed by atoms with van der Waals surface area (Å²) in [5.41, 5.74) is 5.24. The molecule has 158 valence electrons. The SMILES string of the molecule is COc1ccc(C=CC(=O)C=Cc2ccc(-c3cnc4ccccc4n3)cc2)c(OC)c1. The van der Waals surface area contributed by atoms with Crippen LogP contribution in [0.1, 0.15) is 11.1 Å². The fraction of sp³-hybridized carbons (Fsp3) is 0.0741. The number of ketones is 1. The van der Waals surface area contributed by atoms with Crippen LogP contribution in [0.2, 0.25) is 0 Å². The molecule has 0 N–H and O–H groups in total. The Kier molecular flexibility index (Phi) is 6.37. The van der Waals surface area contributed by atoms with Crippen LogP contribution in [0.15, 0.2) is 85.1 Å². The molecule has 0 bridgehead atoms. The highest BCUT2D eigenvalue weighted by Gasteiger charge is 2.04. The number of methoxy groups -OCH3 is 2. The van der Waals surface area contributed by atoms with Gasteiger partial charge in [0.25, 0.3) is 0 Å². The van der Waals surface area contributed by atoms with Gasteiger partial charge < -0.3 is 9.47 Å². The lowest BCUT2D eigenvalue weighted by Gasteiger charge is -2.06. The minimum atomic E-state index is -0.118. The van der Waals surface area contributed by atoms with Crippen molar-refractivity contribution in [2.75, 3.05) is 14.2 Å². The van der Waals surface area contributed by atoms with E-state index >= 15 is 0 Å². The Hall–Kier alpha value is -4.25. The number of allylic oxidation sites excluding steroid dienone is 2. The summed E-state index contributed by atoms with van der Waals surface area (Å²) in [6.07, 6.45) is 8.34. The summed E-state index contributed by atoms with van der Waals surface area (Å²) in [5.74, 6) is 1.22. The lowest BCUT2D eigenvalue weighted by Crippen LogP contribution is -1.91. The van der Waals surface area contributed by atoms with Gasteiger partial charge in [0, 0.05) is 17.2 Å². The molecule has 32 heavy (non-hydrogen) atoms. The van der Waals surface area contributed by atoms with E-state index in [0.29, 0.717) is 11.5 Å². The number of benzene rings is 3. The maximum Gasteiger partial charge on any atom is 0.178 e. The zero-order chi connectivity index (χ0) is 22.3. The molecule has 0 atom stereocenters. The Balaban J connectivity index is 1.44. The Morgan fingerprint density at radius 3 is 2.34 bits per heavy atom. The number of carbonyl (C=O) groups excluding carboxylic acids is 1. The first kappa shape index (κ1) is 21.0. The molecule has 0 aliphatic heterocycles. The molecule has 0 amide bonds. The number of aromatic nitrogens is 2. The minimum absolute atomic E-state index is 0.118. The largest absolute Gasteiger partial charge is 0.497 e. The number of hydrogen-bond acceptors (Lipinski definition) is 5. The zero-order valence-corrected chi connectivity index (χ0v) is 17.9. The summed E-state index contributed by atoms with van der Waals surface area (Å²) in [4.78, 5) is 21.4. The van der Waals surface area contributed by atoms with Crippen LogP contribution >= 0.6 is 0 Å². The fourth-order valence-corrected chi connectivity index (χ4v) is 3.22. The third kappa shape index (κ3) is 4.90. The van der Waals surface area contributed by atoms with Crippen LogP contribution in [-0.4, -0.2) is 30.0 Å². The molecule has 0 aliphatic rings. The molecular formula is C27H22N2O3. The van der Waals surface area contributed by atoms with E-state index in [9.17, 15) is 4.79 Å². The number of nitrogens with zero attached hydrogens (tertiary/aromatic N) is 2. The summed E-state index contributed by atoms with van der Waals surface area (Å²) < 4.78 is 10.5. The van der Waals surface area contributed by atoms with E-state index in [1.807, 2.05) is 60.7 Å². The standard InChI is InChI=1S/C27H22N2O3/c1-31-23-16-13-21(27(17-23)32-2)12-15-22(30)14-9-19-7-10-20(11-8-19)26-18-28-24-5-3-4-6-25(24)29-26/h3-18H,1-2H3. The van der Waals surface area contributed by atoms with Crippen molar-refractivity contribution < 1.29 is 14.3 Å². The average Bonchev–Trinajstić information content (AvgIpc) is 2.86. The number of ether oxygens (including phenoxy) is 2. The molecule has 5 nitrogen and oxygen atoms in total. The van der Waals surface area contributed by atoms with Crippen molar-refractivity contribution in [2.24, 2.45) is 0 Å². The topological polar surface area (TPSA) is 61.3 Å². The van der Waals surface area contributed by atoms with E-state index in [0.717, 1.165) is 33.4 Å². The Bertz CT molecular complexity index is 1310. The quantitative estimate of drug-likeness (QED) is 0.362. The molecule has 1 aromatic heterocycles. The number of hydrogen-bond donors (Lipinski definition) is 0. The summed E-state index contributed by atoms with van der Waals surface area (Å²) in [6.45, 7) is 0. The van der Waals surface area contributed by atoms with Gasteiger partial charge in [-0.2, -0.15) is 0 Å². The molecule has 4 rings (SSSR count). The van der Waals surface area contributed by atoms with Gasteiger partial charge in [0.05, 0.1) is 37.1 Å². The molecule has 5 heteroatoms. The Morgan fingerprint density at radius 2 is 1.59 bits per heavy atom. The van der Waals surface area contributed by atoms with E-state index < -0.39 is 0 Å². The lowest BCUT2D eigenvalue weighted by molar-refractivity contribution is -0.110. The molecule has 1 heterocycles. The van der Waals surface area contributed by atoms with Crippen molar-refractivity contribution in [1.29, 1.82) is 0 Å². The summed E-state index contributed by atoms with van der Waals surface area (Å²) in [6, 6.07) is 21.1. The first-order valence-electron chi connectivity index (χ1n) is 10.1. The van der Waals surface area contributed by atoms with Crippen LogP contribution in [0.3, 0.4) is 0 Å². The fourth-order valence-electron chi connectivity index (χ4n) is 3.22. The number of para-hydroxylation sites is 2. The second-order valence-corrected chi connectivity index (χ2v) is 7.04.